The lowest BCUT2D eigenvalue weighted by atomic mass is 10.1. The molecule has 144 valence electrons. The predicted molar refractivity (Wildman–Crippen MR) is 113 cm³/mol. The minimum atomic E-state index is -0.0173. The third kappa shape index (κ3) is 5.36. The molecule has 1 amide bonds. The molecule has 0 bridgehead atoms. The lowest BCUT2D eigenvalue weighted by Crippen LogP contribution is -2.34. The van der Waals surface area contributed by atoms with E-state index in [0.29, 0.717) is 22.2 Å². The van der Waals surface area contributed by atoms with Crippen molar-refractivity contribution in [1.82, 2.24) is 9.80 Å². The lowest BCUT2D eigenvalue weighted by molar-refractivity contribution is -0.125. The van der Waals surface area contributed by atoms with Crippen molar-refractivity contribution in [3.8, 4) is 6.07 Å². The molecule has 0 N–H and O–H groups in total. The van der Waals surface area contributed by atoms with Crippen molar-refractivity contribution in [2.75, 3.05) is 26.2 Å². The maximum atomic E-state index is 12.6. The first-order chi connectivity index (χ1) is 13.6. The Balaban J connectivity index is 1.56. The summed E-state index contributed by atoms with van der Waals surface area (Å²) in [7, 11) is 0. The number of benzene rings is 2. The Hall–Kier alpha value is -2.32. The largest absolute Gasteiger partial charge is 0.338 e. The van der Waals surface area contributed by atoms with E-state index in [-0.39, 0.29) is 5.91 Å². The van der Waals surface area contributed by atoms with E-state index in [0.717, 1.165) is 38.2 Å². The molecule has 0 spiro atoms. The van der Waals surface area contributed by atoms with Crippen LogP contribution in [0.5, 0.6) is 0 Å². The first kappa shape index (κ1) is 20.4. The quantitative estimate of drug-likeness (QED) is 0.687. The molecule has 2 aromatic rings. The van der Waals surface area contributed by atoms with Crippen molar-refractivity contribution < 1.29 is 4.79 Å². The highest BCUT2D eigenvalue weighted by atomic mass is 35.5. The Morgan fingerprint density at radius 3 is 2.61 bits per heavy atom. The maximum Gasteiger partial charge on any atom is 0.246 e. The van der Waals surface area contributed by atoms with Crippen LogP contribution in [0.2, 0.25) is 10.0 Å². The second-order valence-electron chi connectivity index (χ2n) is 6.74. The molecule has 0 unspecified atom stereocenters. The maximum absolute atomic E-state index is 12.6. The van der Waals surface area contributed by atoms with E-state index in [2.05, 4.69) is 11.0 Å². The number of amides is 1. The van der Waals surface area contributed by atoms with E-state index >= 15 is 0 Å². The Morgan fingerprint density at radius 1 is 1.07 bits per heavy atom. The third-order valence-corrected chi connectivity index (χ3v) is 5.61. The van der Waals surface area contributed by atoms with Gasteiger partial charge in [0, 0.05) is 38.8 Å². The molecule has 0 atom stereocenters. The number of carbonyl (C=O) groups excluding carboxylic acids is 1. The highest BCUT2D eigenvalue weighted by Gasteiger charge is 2.17. The summed E-state index contributed by atoms with van der Waals surface area (Å²) in [5.74, 6) is -0.0173. The van der Waals surface area contributed by atoms with Crippen LogP contribution in [-0.2, 0) is 11.3 Å². The van der Waals surface area contributed by atoms with Crippen LogP contribution >= 0.6 is 23.2 Å². The van der Waals surface area contributed by atoms with Crippen LogP contribution in [0.3, 0.4) is 0 Å². The first-order valence-electron chi connectivity index (χ1n) is 9.19. The normalized spacial score (nSPS) is 15.4. The highest BCUT2D eigenvalue weighted by Crippen LogP contribution is 2.26. The van der Waals surface area contributed by atoms with Gasteiger partial charge in [-0.2, -0.15) is 5.26 Å². The minimum Gasteiger partial charge on any atom is -0.338 e. The monoisotopic (exact) mass is 413 g/mol. The van der Waals surface area contributed by atoms with Crippen molar-refractivity contribution in [3.05, 3.63) is 75.3 Å². The zero-order valence-corrected chi connectivity index (χ0v) is 17.0. The van der Waals surface area contributed by atoms with Gasteiger partial charge in [-0.05, 0) is 41.8 Å². The van der Waals surface area contributed by atoms with E-state index < -0.39 is 0 Å². The van der Waals surface area contributed by atoms with E-state index in [1.165, 1.54) is 5.56 Å². The fourth-order valence-electron chi connectivity index (χ4n) is 3.21. The van der Waals surface area contributed by atoms with Crippen LogP contribution in [0.15, 0.2) is 48.5 Å². The van der Waals surface area contributed by atoms with Gasteiger partial charge in [-0.25, -0.2) is 0 Å². The molecule has 1 aliphatic heterocycles. The number of nitriles is 1. The standard InChI is InChI=1S/C22H21Cl2N3O/c23-20-4-1-3-19(22(20)24)9-10-21(28)27-12-2-11-26(13-14-27)16-18-7-5-17(15-25)6-8-18/h1,3-10H,2,11-14,16H2/b10-9+. The highest BCUT2D eigenvalue weighted by molar-refractivity contribution is 6.42. The third-order valence-electron chi connectivity index (χ3n) is 4.78. The van der Waals surface area contributed by atoms with Gasteiger partial charge in [0.05, 0.1) is 21.7 Å². The van der Waals surface area contributed by atoms with Gasteiger partial charge in [0.2, 0.25) is 5.91 Å². The van der Waals surface area contributed by atoms with Crippen LogP contribution in [0.4, 0.5) is 0 Å². The molecule has 2 aromatic carbocycles. The molecule has 0 aliphatic carbocycles. The van der Waals surface area contributed by atoms with Crippen LogP contribution in [-0.4, -0.2) is 41.9 Å². The molecule has 28 heavy (non-hydrogen) atoms. The van der Waals surface area contributed by atoms with Crippen molar-refractivity contribution in [2.24, 2.45) is 0 Å². The fourth-order valence-corrected chi connectivity index (χ4v) is 3.58. The average molecular weight is 414 g/mol. The van der Waals surface area contributed by atoms with Crippen molar-refractivity contribution in [2.45, 2.75) is 13.0 Å². The fraction of sp³-hybridized carbons (Fsp3) is 0.273. The van der Waals surface area contributed by atoms with Gasteiger partial charge in [0.15, 0.2) is 0 Å². The van der Waals surface area contributed by atoms with Crippen molar-refractivity contribution in [3.63, 3.8) is 0 Å². The van der Waals surface area contributed by atoms with Crippen molar-refractivity contribution >= 4 is 35.2 Å². The topological polar surface area (TPSA) is 47.3 Å². The summed E-state index contributed by atoms with van der Waals surface area (Å²) < 4.78 is 0. The number of hydrogen-bond donors (Lipinski definition) is 0. The first-order valence-corrected chi connectivity index (χ1v) is 9.95. The van der Waals surface area contributed by atoms with E-state index in [9.17, 15) is 4.79 Å². The summed E-state index contributed by atoms with van der Waals surface area (Å²) in [5, 5.41) is 9.83. The van der Waals surface area contributed by atoms with Gasteiger partial charge in [-0.1, -0.05) is 47.5 Å². The summed E-state index contributed by atoms with van der Waals surface area (Å²) >= 11 is 12.2. The van der Waals surface area contributed by atoms with Gasteiger partial charge in [-0.3, -0.25) is 9.69 Å². The SMILES string of the molecule is N#Cc1ccc(CN2CCCN(C(=O)/C=C/c3cccc(Cl)c3Cl)CC2)cc1. The predicted octanol–water partition coefficient (Wildman–Crippen LogP) is 4.61. The zero-order chi connectivity index (χ0) is 19.9. The number of nitrogens with zero attached hydrogens (tertiary/aromatic N) is 3. The summed E-state index contributed by atoms with van der Waals surface area (Å²) in [4.78, 5) is 16.8. The van der Waals surface area contributed by atoms with Crippen molar-refractivity contribution in [1.29, 1.82) is 5.26 Å². The molecular formula is C22H21Cl2N3O. The Bertz CT molecular complexity index is 903. The van der Waals surface area contributed by atoms with Gasteiger partial charge >= 0.3 is 0 Å². The number of halogens is 2. The second-order valence-corrected chi connectivity index (χ2v) is 7.53. The summed E-state index contributed by atoms with van der Waals surface area (Å²) in [6.45, 7) is 3.99. The van der Waals surface area contributed by atoms with Crippen LogP contribution < -0.4 is 0 Å². The molecule has 6 heteroatoms. The zero-order valence-electron chi connectivity index (χ0n) is 15.4. The van der Waals surface area contributed by atoms with Crippen LogP contribution in [0.1, 0.15) is 23.1 Å². The molecule has 0 saturated carbocycles. The van der Waals surface area contributed by atoms with Crippen LogP contribution in [0, 0.1) is 11.3 Å². The van der Waals surface area contributed by atoms with E-state index in [1.807, 2.05) is 41.3 Å². The Morgan fingerprint density at radius 2 is 1.86 bits per heavy atom. The summed E-state index contributed by atoms with van der Waals surface area (Å²) in [5.41, 5.74) is 2.58. The molecule has 0 aromatic heterocycles. The molecule has 4 nitrogen and oxygen atoms in total. The number of carbonyl (C=O) groups is 1. The molecule has 1 saturated heterocycles. The van der Waals surface area contributed by atoms with Crippen LogP contribution in [0.25, 0.3) is 6.08 Å². The smallest absolute Gasteiger partial charge is 0.246 e. The Kier molecular flexibility index (Phi) is 7.11. The Labute approximate surface area is 175 Å². The van der Waals surface area contributed by atoms with Gasteiger partial charge < -0.3 is 4.90 Å². The summed E-state index contributed by atoms with van der Waals surface area (Å²) in [6.07, 6.45) is 4.21. The van der Waals surface area contributed by atoms with Gasteiger partial charge in [0.25, 0.3) is 0 Å². The molecule has 0 radical (unpaired) electrons. The number of rotatable bonds is 4. The minimum absolute atomic E-state index is 0.0173. The number of hydrogen-bond acceptors (Lipinski definition) is 3. The molecule has 1 aliphatic rings. The molecular weight excluding hydrogens is 393 g/mol. The molecule has 1 fully saturated rings. The average Bonchev–Trinajstić information content (AvgIpc) is 2.95. The second kappa shape index (κ2) is 9.75. The molecule has 1 heterocycles. The van der Waals surface area contributed by atoms with Gasteiger partial charge in [0.1, 0.15) is 0 Å². The van der Waals surface area contributed by atoms with E-state index in [4.69, 9.17) is 28.5 Å². The van der Waals surface area contributed by atoms with E-state index in [1.54, 1.807) is 18.2 Å². The summed E-state index contributed by atoms with van der Waals surface area (Å²) in [6, 6.07) is 15.2. The molecule has 3 rings (SSSR count). The van der Waals surface area contributed by atoms with Gasteiger partial charge in [-0.15, -0.1) is 0 Å². The lowest BCUT2D eigenvalue weighted by Gasteiger charge is -2.21.